The molecule has 0 atom stereocenters. The van der Waals surface area contributed by atoms with Crippen molar-refractivity contribution in [3.63, 3.8) is 0 Å². The Balaban J connectivity index is 1.85. The lowest BCUT2D eigenvalue weighted by Gasteiger charge is -2.06. The Morgan fingerprint density at radius 1 is 1.22 bits per heavy atom. The van der Waals surface area contributed by atoms with E-state index in [2.05, 4.69) is 15.3 Å². The van der Waals surface area contributed by atoms with Crippen LogP contribution < -0.4 is 11.1 Å². The summed E-state index contributed by atoms with van der Waals surface area (Å²) in [7, 11) is 0. The summed E-state index contributed by atoms with van der Waals surface area (Å²) in [6, 6.07) is 9.64. The predicted octanol–water partition coefficient (Wildman–Crippen LogP) is 1.77. The first kappa shape index (κ1) is 12.4. The second-order valence-corrected chi connectivity index (χ2v) is 4.23. The quantitative estimate of drug-likeness (QED) is 0.800. The van der Waals surface area contributed by atoms with Crippen LogP contribution in [0.25, 0.3) is 0 Å². The summed E-state index contributed by atoms with van der Waals surface area (Å²) in [6.45, 7) is 0.811. The SMILES string of the molecule is NC(=S)c1ccc(NCCc2ccccn2)cn1. The molecule has 0 aliphatic heterocycles. The molecule has 0 aliphatic carbocycles. The van der Waals surface area contributed by atoms with Crippen molar-refractivity contribution in [3.05, 3.63) is 54.1 Å². The van der Waals surface area contributed by atoms with Crippen LogP contribution in [-0.2, 0) is 6.42 Å². The van der Waals surface area contributed by atoms with Crippen molar-refractivity contribution in [1.82, 2.24) is 9.97 Å². The van der Waals surface area contributed by atoms with Crippen molar-refractivity contribution in [2.24, 2.45) is 5.73 Å². The molecule has 3 N–H and O–H groups in total. The molecule has 2 rings (SSSR count). The van der Waals surface area contributed by atoms with Crippen LogP contribution in [0.5, 0.6) is 0 Å². The Bertz CT molecular complexity index is 510. The molecule has 0 fully saturated rings. The summed E-state index contributed by atoms with van der Waals surface area (Å²) in [4.78, 5) is 8.73. The van der Waals surface area contributed by atoms with Crippen molar-refractivity contribution in [1.29, 1.82) is 0 Å². The zero-order valence-corrected chi connectivity index (χ0v) is 10.7. The summed E-state index contributed by atoms with van der Waals surface area (Å²) in [5.41, 5.74) is 8.14. The van der Waals surface area contributed by atoms with Gasteiger partial charge in [0.2, 0.25) is 0 Å². The molecular weight excluding hydrogens is 244 g/mol. The Morgan fingerprint density at radius 2 is 2.11 bits per heavy atom. The summed E-state index contributed by atoms with van der Waals surface area (Å²) < 4.78 is 0. The second kappa shape index (κ2) is 6.07. The van der Waals surface area contributed by atoms with Gasteiger partial charge in [0.15, 0.2) is 0 Å². The molecule has 92 valence electrons. The molecule has 0 aromatic carbocycles. The zero-order valence-electron chi connectivity index (χ0n) is 9.84. The topological polar surface area (TPSA) is 63.8 Å². The standard InChI is InChI=1S/C13H14N4S/c14-13(18)12-5-4-11(9-17-12)16-8-6-10-3-1-2-7-15-10/h1-5,7,9,16H,6,8H2,(H2,14,18). The molecular formula is C13H14N4S. The average Bonchev–Trinajstić information content (AvgIpc) is 2.40. The van der Waals surface area contributed by atoms with Gasteiger partial charge in [-0.25, -0.2) is 0 Å². The highest BCUT2D eigenvalue weighted by molar-refractivity contribution is 7.80. The van der Waals surface area contributed by atoms with Gasteiger partial charge < -0.3 is 11.1 Å². The lowest BCUT2D eigenvalue weighted by atomic mass is 10.2. The van der Waals surface area contributed by atoms with Crippen LogP contribution in [0, 0.1) is 0 Å². The third-order valence-electron chi connectivity index (χ3n) is 2.45. The smallest absolute Gasteiger partial charge is 0.122 e. The number of nitrogens with one attached hydrogen (secondary N) is 1. The van der Waals surface area contributed by atoms with Gasteiger partial charge in [-0.05, 0) is 24.3 Å². The van der Waals surface area contributed by atoms with Gasteiger partial charge in [0.05, 0.1) is 17.6 Å². The van der Waals surface area contributed by atoms with Crippen LogP contribution in [0.4, 0.5) is 5.69 Å². The number of anilines is 1. The van der Waals surface area contributed by atoms with Crippen LogP contribution >= 0.6 is 12.2 Å². The predicted molar refractivity (Wildman–Crippen MR) is 76.6 cm³/mol. The van der Waals surface area contributed by atoms with Gasteiger partial charge in [-0.2, -0.15) is 0 Å². The maximum atomic E-state index is 5.48. The number of pyridine rings is 2. The van der Waals surface area contributed by atoms with Gasteiger partial charge in [-0.3, -0.25) is 9.97 Å². The third-order valence-corrected chi connectivity index (χ3v) is 2.66. The molecule has 5 heteroatoms. The van der Waals surface area contributed by atoms with Crippen LogP contribution in [0.3, 0.4) is 0 Å². The molecule has 0 aliphatic rings. The first-order valence-electron chi connectivity index (χ1n) is 5.65. The first-order valence-corrected chi connectivity index (χ1v) is 6.06. The van der Waals surface area contributed by atoms with E-state index >= 15 is 0 Å². The molecule has 2 heterocycles. The Morgan fingerprint density at radius 3 is 2.72 bits per heavy atom. The van der Waals surface area contributed by atoms with Gasteiger partial charge >= 0.3 is 0 Å². The number of rotatable bonds is 5. The Labute approximate surface area is 111 Å². The fraction of sp³-hybridized carbons (Fsp3) is 0.154. The number of hydrogen-bond donors (Lipinski definition) is 2. The van der Waals surface area contributed by atoms with E-state index in [1.54, 1.807) is 12.4 Å². The summed E-state index contributed by atoms with van der Waals surface area (Å²) in [5.74, 6) is 0. The number of nitrogens with two attached hydrogens (primary N) is 1. The molecule has 4 nitrogen and oxygen atoms in total. The normalized spacial score (nSPS) is 10.0. The van der Waals surface area contributed by atoms with E-state index < -0.39 is 0 Å². The highest BCUT2D eigenvalue weighted by Crippen LogP contribution is 2.06. The van der Waals surface area contributed by atoms with Crippen LogP contribution in [0.1, 0.15) is 11.4 Å². The lowest BCUT2D eigenvalue weighted by Crippen LogP contribution is -2.12. The largest absolute Gasteiger partial charge is 0.388 e. The average molecular weight is 258 g/mol. The fourth-order valence-electron chi connectivity index (χ4n) is 1.53. The number of nitrogens with zero attached hydrogens (tertiary/aromatic N) is 2. The maximum absolute atomic E-state index is 5.48. The Hall–Kier alpha value is -2.01. The summed E-state index contributed by atoms with van der Waals surface area (Å²) >= 11 is 4.84. The van der Waals surface area contributed by atoms with E-state index in [-0.39, 0.29) is 0 Å². The van der Waals surface area contributed by atoms with Crippen molar-refractivity contribution < 1.29 is 0 Å². The minimum atomic E-state index is 0.315. The summed E-state index contributed by atoms with van der Waals surface area (Å²) in [5, 5.41) is 3.27. The van der Waals surface area contributed by atoms with Gasteiger partial charge in [-0.1, -0.05) is 18.3 Å². The molecule has 0 bridgehead atoms. The molecule has 0 saturated heterocycles. The van der Waals surface area contributed by atoms with Crippen molar-refractivity contribution in [2.45, 2.75) is 6.42 Å². The minimum Gasteiger partial charge on any atom is -0.388 e. The van der Waals surface area contributed by atoms with E-state index in [0.29, 0.717) is 10.7 Å². The van der Waals surface area contributed by atoms with Gasteiger partial charge in [0.25, 0.3) is 0 Å². The molecule has 2 aromatic rings. The van der Waals surface area contributed by atoms with E-state index in [1.807, 2.05) is 30.3 Å². The zero-order chi connectivity index (χ0) is 12.8. The number of thiocarbonyl (C=S) groups is 1. The van der Waals surface area contributed by atoms with Gasteiger partial charge in [0.1, 0.15) is 4.99 Å². The van der Waals surface area contributed by atoms with Crippen molar-refractivity contribution in [2.75, 3.05) is 11.9 Å². The highest BCUT2D eigenvalue weighted by Gasteiger charge is 1.98. The fourth-order valence-corrected chi connectivity index (χ4v) is 1.65. The highest BCUT2D eigenvalue weighted by atomic mass is 32.1. The second-order valence-electron chi connectivity index (χ2n) is 3.79. The van der Waals surface area contributed by atoms with E-state index in [0.717, 1.165) is 24.3 Å². The Kier molecular flexibility index (Phi) is 4.20. The van der Waals surface area contributed by atoms with E-state index in [4.69, 9.17) is 18.0 Å². The minimum absolute atomic E-state index is 0.315. The van der Waals surface area contributed by atoms with Crippen molar-refractivity contribution in [3.8, 4) is 0 Å². The summed E-state index contributed by atoms with van der Waals surface area (Å²) in [6.07, 6.45) is 4.40. The van der Waals surface area contributed by atoms with E-state index in [9.17, 15) is 0 Å². The molecule has 0 saturated carbocycles. The van der Waals surface area contributed by atoms with Gasteiger partial charge in [-0.15, -0.1) is 0 Å². The lowest BCUT2D eigenvalue weighted by molar-refractivity contribution is 0.960. The first-order chi connectivity index (χ1) is 8.75. The molecule has 0 unspecified atom stereocenters. The van der Waals surface area contributed by atoms with Gasteiger partial charge in [0, 0.05) is 24.9 Å². The van der Waals surface area contributed by atoms with Crippen LogP contribution in [-0.4, -0.2) is 21.5 Å². The third kappa shape index (κ3) is 3.49. The molecule has 0 spiro atoms. The van der Waals surface area contributed by atoms with E-state index in [1.165, 1.54) is 0 Å². The van der Waals surface area contributed by atoms with Crippen LogP contribution in [0.15, 0.2) is 42.7 Å². The molecule has 0 radical (unpaired) electrons. The maximum Gasteiger partial charge on any atom is 0.122 e. The number of aromatic nitrogens is 2. The monoisotopic (exact) mass is 258 g/mol. The number of hydrogen-bond acceptors (Lipinski definition) is 4. The molecule has 2 aromatic heterocycles. The van der Waals surface area contributed by atoms with Crippen LogP contribution in [0.2, 0.25) is 0 Å². The molecule has 18 heavy (non-hydrogen) atoms. The van der Waals surface area contributed by atoms with Crippen molar-refractivity contribution >= 4 is 22.9 Å². The molecule has 0 amide bonds.